The van der Waals surface area contributed by atoms with Gasteiger partial charge in [0.1, 0.15) is 5.82 Å². The molecule has 1 heterocycles. The maximum Gasteiger partial charge on any atom is 0.217 e. The Morgan fingerprint density at radius 1 is 1.12 bits per heavy atom. The molecule has 0 aliphatic carbocycles. The van der Waals surface area contributed by atoms with E-state index < -0.39 is 21.9 Å². The van der Waals surface area contributed by atoms with E-state index in [-0.39, 0.29) is 12.4 Å². The van der Waals surface area contributed by atoms with Crippen LogP contribution >= 0.6 is 0 Å². The van der Waals surface area contributed by atoms with E-state index in [0.29, 0.717) is 18.5 Å². The van der Waals surface area contributed by atoms with Gasteiger partial charge in [-0.2, -0.15) is 4.31 Å². The van der Waals surface area contributed by atoms with E-state index in [0.717, 1.165) is 11.1 Å². The summed E-state index contributed by atoms with van der Waals surface area (Å²) < 4.78 is 46.3. The number of rotatable bonds is 5. The van der Waals surface area contributed by atoms with Gasteiger partial charge in [0.2, 0.25) is 10.0 Å². The van der Waals surface area contributed by atoms with Crippen LogP contribution in [-0.2, 0) is 21.2 Å². The molecular formula is C18H20FNO3S. The third-order valence-electron chi connectivity index (χ3n) is 4.34. The van der Waals surface area contributed by atoms with Crippen molar-refractivity contribution in [3.63, 3.8) is 0 Å². The predicted molar refractivity (Wildman–Crippen MR) is 90.8 cm³/mol. The van der Waals surface area contributed by atoms with Crippen LogP contribution in [0.2, 0.25) is 0 Å². The number of benzene rings is 2. The summed E-state index contributed by atoms with van der Waals surface area (Å²) in [6.07, 6.45) is 0.618. The highest BCUT2D eigenvalue weighted by Crippen LogP contribution is 2.37. The van der Waals surface area contributed by atoms with Crippen LogP contribution in [0, 0.1) is 5.82 Å². The van der Waals surface area contributed by atoms with Gasteiger partial charge in [-0.25, -0.2) is 12.8 Å². The molecule has 0 bridgehead atoms. The highest BCUT2D eigenvalue weighted by atomic mass is 32.2. The second-order valence-electron chi connectivity index (χ2n) is 5.79. The summed E-state index contributed by atoms with van der Waals surface area (Å²) in [5, 5.41) is 0. The molecule has 6 heteroatoms. The molecular weight excluding hydrogens is 329 g/mol. The number of methoxy groups -OCH3 is 1. The first kappa shape index (κ1) is 17.1. The molecule has 128 valence electrons. The standard InChI is InChI=1S/C18H20FNO3S/c1-23-12-13-24(21,22)20-11-10-14-6-2-3-7-15(14)18(20)16-8-4-5-9-17(16)19/h2-9,18H,10-13H2,1H3. The van der Waals surface area contributed by atoms with Gasteiger partial charge < -0.3 is 4.74 Å². The normalized spacial score (nSPS) is 18.3. The van der Waals surface area contributed by atoms with Crippen molar-refractivity contribution in [3.05, 3.63) is 71.0 Å². The third kappa shape index (κ3) is 3.22. The van der Waals surface area contributed by atoms with Crippen LogP contribution in [0.1, 0.15) is 22.7 Å². The Kier molecular flexibility index (Phi) is 4.99. The Balaban J connectivity index is 2.11. The maximum atomic E-state index is 14.4. The number of halogens is 1. The fraction of sp³-hybridized carbons (Fsp3) is 0.333. The minimum Gasteiger partial charge on any atom is -0.384 e. The van der Waals surface area contributed by atoms with Crippen LogP contribution in [0.25, 0.3) is 0 Å². The van der Waals surface area contributed by atoms with E-state index in [4.69, 9.17) is 4.74 Å². The lowest BCUT2D eigenvalue weighted by molar-refractivity contribution is 0.214. The second-order valence-corrected chi connectivity index (χ2v) is 7.83. The quantitative estimate of drug-likeness (QED) is 0.834. The molecule has 0 aromatic heterocycles. The van der Waals surface area contributed by atoms with Crippen LogP contribution < -0.4 is 0 Å². The zero-order chi connectivity index (χ0) is 17.2. The molecule has 0 amide bonds. The molecule has 2 aromatic rings. The lowest BCUT2D eigenvalue weighted by Crippen LogP contribution is -2.42. The highest BCUT2D eigenvalue weighted by Gasteiger charge is 2.37. The maximum absolute atomic E-state index is 14.4. The van der Waals surface area contributed by atoms with Crippen molar-refractivity contribution in [2.24, 2.45) is 0 Å². The Morgan fingerprint density at radius 2 is 1.79 bits per heavy atom. The van der Waals surface area contributed by atoms with Crippen molar-refractivity contribution in [2.45, 2.75) is 12.5 Å². The van der Waals surface area contributed by atoms with Crippen LogP contribution in [0.5, 0.6) is 0 Å². The molecule has 0 fully saturated rings. The third-order valence-corrected chi connectivity index (χ3v) is 6.13. The number of nitrogens with zero attached hydrogens (tertiary/aromatic N) is 1. The molecule has 3 rings (SSSR count). The van der Waals surface area contributed by atoms with E-state index in [1.807, 2.05) is 24.3 Å². The SMILES string of the molecule is COCCS(=O)(=O)N1CCc2ccccc2C1c1ccccc1F. The van der Waals surface area contributed by atoms with Crippen molar-refractivity contribution in [2.75, 3.05) is 26.0 Å². The van der Waals surface area contributed by atoms with E-state index >= 15 is 0 Å². The number of fused-ring (bicyclic) bond motifs is 1. The summed E-state index contributed by atoms with van der Waals surface area (Å²) in [6, 6.07) is 13.4. The topological polar surface area (TPSA) is 46.6 Å². The van der Waals surface area contributed by atoms with Crippen LogP contribution in [0.15, 0.2) is 48.5 Å². The molecule has 0 saturated carbocycles. The van der Waals surface area contributed by atoms with E-state index in [2.05, 4.69) is 0 Å². The predicted octanol–water partition coefficient (Wildman–Crippen LogP) is 2.75. The van der Waals surface area contributed by atoms with Crippen molar-refractivity contribution < 1.29 is 17.5 Å². The first-order valence-corrected chi connectivity index (χ1v) is 9.46. The molecule has 1 unspecified atom stereocenters. The van der Waals surface area contributed by atoms with Crippen LogP contribution in [-0.4, -0.2) is 38.7 Å². The molecule has 2 aromatic carbocycles. The lowest BCUT2D eigenvalue weighted by atomic mass is 9.89. The fourth-order valence-corrected chi connectivity index (χ4v) is 4.70. The van der Waals surface area contributed by atoms with Gasteiger partial charge in [0.25, 0.3) is 0 Å². The zero-order valence-electron chi connectivity index (χ0n) is 13.5. The van der Waals surface area contributed by atoms with Crippen molar-refractivity contribution in [1.29, 1.82) is 0 Å². The monoisotopic (exact) mass is 349 g/mol. The summed E-state index contributed by atoms with van der Waals surface area (Å²) >= 11 is 0. The number of ether oxygens (including phenoxy) is 1. The van der Waals surface area contributed by atoms with Gasteiger partial charge >= 0.3 is 0 Å². The van der Waals surface area contributed by atoms with Gasteiger partial charge in [0, 0.05) is 19.2 Å². The van der Waals surface area contributed by atoms with Gasteiger partial charge in [-0.1, -0.05) is 42.5 Å². The lowest BCUT2D eigenvalue weighted by Gasteiger charge is -2.36. The molecule has 1 aliphatic heterocycles. The first-order chi connectivity index (χ1) is 11.5. The molecule has 24 heavy (non-hydrogen) atoms. The Labute approximate surface area is 141 Å². The second kappa shape index (κ2) is 7.01. The molecule has 0 saturated heterocycles. The first-order valence-electron chi connectivity index (χ1n) is 7.85. The molecule has 0 N–H and O–H groups in total. The van der Waals surface area contributed by atoms with Crippen molar-refractivity contribution in [1.82, 2.24) is 4.31 Å². The molecule has 0 radical (unpaired) electrons. The van der Waals surface area contributed by atoms with Gasteiger partial charge in [-0.05, 0) is 23.6 Å². The van der Waals surface area contributed by atoms with Crippen LogP contribution in [0.4, 0.5) is 4.39 Å². The average Bonchev–Trinajstić information content (AvgIpc) is 2.59. The smallest absolute Gasteiger partial charge is 0.217 e. The minimum atomic E-state index is -3.56. The Bertz CT molecular complexity index is 823. The number of sulfonamides is 1. The summed E-state index contributed by atoms with van der Waals surface area (Å²) in [6.45, 7) is 0.451. The van der Waals surface area contributed by atoms with Crippen molar-refractivity contribution in [3.8, 4) is 0 Å². The van der Waals surface area contributed by atoms with Gasteiger partial charge in [-0.3, -0.25) is 0 Å². The van der Waals surface area contributed by atoms with Crippen LogP contribution in [0.3, 0.4) is 0 Å². The Morgan fingerprint density at radius 3 is 2.50 bits per heavy atom. The minimum absolute atomic E-state index is 0.114. The van der Waals surface area contributed by atoms with Gasteiger partial charge in [0.15, 0.2) is 0 Å². The van der Waals surface area contributed by atoms with Gasteiger partial charge in [0.05, 0.1) is 18.4 Å². The molecule has 0 spiro atoms. The summed E-state index contributed by atoms with van der Waals surface area (Å²) in [5.74, 6) is -0.512. The average molecular weight is 349 g/mol. The Hall–Kier alpha value is -1.76. The summed E-state index contributed by atoms with van der Waals surface area (Å²) in [7, 11) is -2.09. The van der Waals surface area contributed by atoms with Crippen molar-refractivity contribution >= 4 is 10.0 Å². The highest BCUT2D eigenvalue weighted by molar-refractivity contribution is 7.89. The van der Waals surface area contributed by atoms with E-state index in [9.17, 15) is 12.8 Å². The number of hydrogen-bond acceptors (Lipinski definition) is 3. The van der Waals surface area contributed by atoms with E-state index in [1.54, 1.807) is 18.2 Å². The summed E-state index contributed by atoms with van der Waals surface area (Å²) in [5.41, 5.74) is 2.28. The van der Waals surface area contributed by atoms with Gasteiger partial charge in [-0.15, -0.1) is 0 Å². The molecule has 4 nitrogen and oxygen atoms in total. The number of hydrogen-bond donors (Lipinski definition) is 0. The summed E-state index contributed by atoms with van der Waals surface area (Å²) in [4.78, 5) is 0. The zero-order valence-corrected chi connectivity index (χ0v) is 14.3. The van der Waals surface area contributed by atoms with E-state index in [1.165, 1.54) is 17.5 Å². The molecule has 1 atom stereocenters. The largest absolute Gasteiger partial charge is 0.384 e. The molecule has 1 aliphatic rings. The fourth-order valence-electron chi connectivity index (χ4n) is 3.17.